The molecule has 1 N–H and O–H groups in total. The predicted molar refractivity (Wildman–Crippen MR) is 78.9 cm³/mol. The molecule has 21 heavy (non-hydrogen) atoms. The summed E-state index contributed by atoms with van der Waals surface area (Å²) in [5, 5.41) is 2.55. The van der Waals surface area contributed by atoms with Crippen molar-refractivity contribution in [3.63, 3.8) is 0 Å². The van der Waals surface area contributed by atoms with Gasteiger partial charge in [0.15, 0.2) is 0 Å². The molecule has 122 valence electrons. The van der Waals surface area contributed by atoms with Gasteiger partial charge in [0, 0.05) is 12.5 Å². The smallest absolute Gasteiger partial charge is 0.407 e. The molecule has 0 aliphatic carbocycles. The second kappa shape index (κ2) is 7.43. The molecule has 0 aliphatic rings. The molecular weight excluding hydrogens is 274 g/mol. The van der Waals surface area contributed by atoms with Crippen LogP contribution >= 0.6 is 0 Å². The van der Waals surface area contributed by atoms with Crippen molar-refractivity contribution < 1.29 is 23.9 Å². The average molecular weight is 301 g/mol. The van der Waals surface area contributed by atoms with E-state index >= 15 is 0 Å². The van der Waals surface area contributed by atoms with Gasteiger partial charge >= 0.3 is 12.1 Å². The summed E-state index contributed by atoms with van der Waals surface area (Å²) in [5.41, 5.74) is -1.21. The van der Waals surface area contributed by atoms with Gasteiger partial charge in [0.05, 0.1) is 0 Å². The minimum absolute atomic E-state index is 0.0541. The molecule has 1 amide bonds. The highest BCUT2D eigenvalue weighted by Gasteiger charge is 2.22. The highest BCUT2D eigenvalue weighted by atomic mass is 16.6. The van der Waals surface area contributed by atoms with E-state index in [1.807, 2.05) is 0 Å². The molecule has 0 saturated heterocycles. The summed E-state index contributed by atoms with van der Waals surface area (Å²) in [6.45, 7) is 12.2. The number of ketones is 1. The lowest BCUT2D eigenvalue weighted by atomic mass is 10.1. The zero-order chi connectivity index (χ0) is 16.8. The number of hydrogen-bond donors (Lipinski definition) is 1. The maximum atomic E-state index is 11.7. The lowest BCUT2D eigenvalue weighted by Crippen LogP contribution is -2.38. The van der Waals surface area contributed by atoms with E-state index in [0.29, 0.717) is 0 Å². The summed E-state index contributed by atoms with van der Waals surface area (Å²) < 4.78 is 10.1. The van der Waals surface area contributed by atoms with Gasteiger partial charge in [-0.25, -0.2) is 4.79 Å². The third-order valence-corrected chi connectivity index (χ3v) is 2.06. The van der Waals surface area contributed by atoms with Crippen molar-refractivity contribution in [3.05, 3.63) is 0 Å². The number of hydrogen-bond acceptors (Lipinski definition) is 5. The second-order valence-corrected chi connectivity index (χ2v) is 7.05. The first-order valence-corrected chi connectivity index (χ1v) is 7.01. The van der Waals surface area contributed by atoms with Crippen LogP contribution in [0.15, 0.2) is 0 Å². The SMILES string of the molecule is CC(CC(=O)CC(=O)OC(C)(C)C)NC(=O)OC(C)(C)C. The van der Waals surface area contributed by atoms with Crippen molar-refractivity contribution in [1.82, 2.24) is 5.32 Å². The second-order valence-electron chi connectivity index (χ2n) is 7.05. The van der Waals surface area contributed by atoms with Crippen LogP contribution in [-0.2, 0) is 19.1 Å². The normalized spacial score (nSPS) is 13.3. The van der Waals surface area contributed by atoms with Crippen LogP contribution in [0.2, 0.25) is 0 Å². The Bertz CT molecular complexity index is 390. The Hall–Kier alpha value is -1.59. The van der Waals surface area contributed by atoms with Crippen LogP contribution in [0.4, 0.5) is 4.79 Å². The van der Waals surface area contributed by atoms with Gasteiger partial charge in [0.2, 0.25) is 0 Å². The van der Waals surface area contributed by atoms with E-state index < -0.39 is 29.3 Å². The standard InChI is InChI=1S/C15H27NO5/c1-10(16-13(19)21-15(5,6)7)8-11(17)9-12(18)20-14(2,3)4/h10H,8-9H2,1-7H3,(H,16,19). The van der Waals surface area contributed by atoms with Crippen LogP contribution in [0, 0.1) is 0 Å². The molecule has 0 aliphatic heterocycles. The molecule has 0 saturated carbocycles. The van der Waals surface area contributed by atoms with Gasteiger partial charge in [0.1, 0.15) is 23.4 Å². The molecule has 1 atom stereocenters. The van der Waals surface area contributed by atoms with Crippen LogP contribution in [0.1, 0.15) is 61.3 Å². The van der Waals surface area contributed by atoms with Crippen LogP contribution in [0.25, 0.3) is 0 Å². The Labute approximate surface area is 126 Å². The van der Waals surface area contributed by atoms with Gasteiger partial charge in [-0.2, -0.15) is 0 Å². The number of carbonyl (C=O) groups excluding carboxylic acids is 3. The Morgan fingerprint density at radius 1 is 0.952 bits per heavy atom. The molecule has 6 nitrogen and oxygen atoms in total. The quantitative estimate of drug-likeness (QED) is 0.623. The molecular formula is C15H27NO5. The minimum Gasteiger partial charge on any atom is -0.460 e. The molecule has 0 aromatic heterocycles. The number of Topliss-reactive ketones (excluding diaryl/α,β-unsaturated/α-hetero) is 1. The van der Waals surface area contributed by atoms with E-state index in [9.17, 15) is 14.4 Å². The Morgan fingerprint density at radius 2 is 1.43 bits per heavy atom. The molecule has 1 unspecified atom stereocenters. The van der Waals surface area contributed by atoms with Crippen LogP contribution < -0.4 is 5.32 Å². The number of ether oxygens (including phenoxy) is 2. The van der Waals surface area contributed by atoms with Gasteiger partial charge in [-0.1, -0.05) is 0 Å². The number of esters is 1. The fourth-order valence-electron chi connectivity index (χ4n) is 1.51. The minimum atomic E-state index is -0.613. The molecule has 0 bridgehead atoms. The van der Waals surface area contributed by atoms with Crippen LogP contribution in [0.3, 0.4) is 0 Å². The van der Waals surface area contributed by atoms with E-state index in [2.05, 4.69) is 5.32 Å². The highest BCUT2D eigenvalue weighted by Crippen LogP contribution is 2.10. The maximum absolute atomic E-state index is 11.7. The molecule has 0 aromatic carbocycles. The van der Waals surface area contributed by atoms with Crippen LogP contribution in [0.5, 0.6) is 0 Å². The zero-order valence-corrected chi connectivity index (χ0v) is 14.0. The summed E-state index contributed by atoms with van der Waals surface area (Å²) in [4.78, 5) is 34.8. The summed E-state index contributed by atoms with van der Waals surface area (Å²) >= 11 is 0. The Morgan fingerprint density at radius 3 is 1.86 bits per heavy atom. The molecule has 0 aromatic rings. The third kappa shape index (κ3) is 11.9. The first-order valence-electron chi connectivity index (χ1n) is 7.01. The Balaban J connectivity index is 4.16. The van der Waals surface area contributed by atoms with E-state index in [4.69, 9.17) is 9.47 Å². The summed E-state index contributed by atoms with van der Waals surface area (Å²) in [5.74, 6) is -0.843. The van der Waals surface area contributed by atoms with Gasteiger partial charge in [-0.3, -0.25) is 9.59 Å². The highest BCUT2D eigenvalue weighted by molar-refractivity contribution is 5.96. The zero-order valence-electron chi connectivity index (χ0n) is 14.0. The third-order valence-electron chi connectivity index (χ3n) is 2.06. The van der Waals surface area contributed by atoms with Crippen molar-refractivity contribution in [2.75, 3.05) is 0 Å². The van der Waals surface area contributed by atoms with Crippen molar-refractivity contribution in [1.29, 1.82) is 0 Å². The maximum Gasteiger partial charge on any atom is 0.407 e. The fraction of sp³-hybridized carbons (Fsp3) is 0.800. The van der Waals surface area contributed by atoms with E-state index in [1.54, 1.807) is 48.5 Å². The molecule has 0 spiro atoms. The van der Waals surface area contributed by atoms with E-state index in [0.717, 1.165) is 0 Å². The predicted octanol–water partition coefficient (Wildman–Crippen LogP) is 2.59. The van der Waals surface area contributed by atoms with Crippen molar-refractivity contribution in [3.8, 4) is 0 Å². The van der Waals surface area contributed by atoms with E-state index in [1.165, 1.54) is 0 Å². The molecule has 0 fully saturated rings. The lowest BCUT2D eigenvalue weighted by molar-refractivity contribution is -0.156. The molecule has 0 rings (SSSR count). The summed E-state index contributed by atoms with van der Waals surface area (Å²) in [7, 11) is 0. The first-order chi connectivity index (χ1) is 9.28. The summed E-state index contributed by atoms with van der Waals surface area (Å²) in [6, 6.07) is -0.408. The van der Waals surface area contributed by atoms with Crippen molar-refractivity contribution in [2.24, 2.45) is 0 Å². The fourth-order valence-corrected chi connectivity index (χ4v) is 1.51. The molecule has 6 heteroatoms. The molecule has 0 heterocycles. The van der Waals surface area contributed by atoms with Gasteiger partial charge in [0.25, 0.3) is 0 Å². The number of rotatable bonds is 5. The van der Waals surface area contributed by atoms with Gasteiger partial charge in [-0.15, -0.1) is 0 Å². The number of amides is 1. The lowest BCUT2D eigenvalue weighted by Gasteiger charge is -2.22. The Kier molecular flexibility index (Phi) is 6.86. The average Bonchev–Trinajstić information content (AvgIpc) is 2.07. The van der Waals surface area contributed by atoms with Crippen LogP contribution in [-0.4, -0.2) is 35.1 Å². The van der Waals surface area contributed by atoms with Gasteiger partial charge in [-0.05, 0) is 48.5 Å². The topological polar surface area (TPSA) is 81.7 Å². The van der Waals surface area contributed by atoms with E-state index in [-0.39, 0.29) is 18.6 Å². The largest absolute Gasteiger partial charge is 0.460 e. The number of nitrogens with one attached hydrogen (secondary N) is 1. The van der Waals surface area contributed by atoms with Crippen molar-refractivity contribution >= 4 is 17.8 Å². The number of alkyl carbamates (subject to hydrolysis) is 1. The van der Waals surface area contributed by atoms with Gasteiger partial charge < -0.3 is 14.8 Å². The number of carbonyl (C=O) groups is 3. The summed E-state index contributed by atoms with van der Waals surface area (Å²) in [6.07, 6.45) is -0.823. The van der Waals surface area contributed by atoms with Crippen molar-refractivity contribution in [2.45, 2.75) is 78.6 Å². The monoisotopic (exact) mass is 301 g/mol. The first kappa shape index (κ1) is 19.4. The molecule has 0 radical (unpaired) electrons.